The number of rotatable bonds is 7. The lowest BCUT2D eigenvalue weighted by Crippen LogP contribution is -2.12. The van der Waals surface area contributed by atoms with Crippen LogP contribution in [0.5, 0.6) is 0 Å². The van der Waals surface area contributed by atoms with E-state index < -0.39 is 0 Å². The number of fused-ring (bicyclic) bond motifs is 1. The van der Waals surface area contributed by atoms with Gasteiger partial charge in [-0.25, -0.2) is 8.91 Å². The van der Waals surface area contributed by atoms with Crippen molar-refractivity contribution < 1.29 is 14.2 Å². The molecule has 0 spiro atoms. The largest absolute Gasteiger partial charge is 0.394 e. The molecule has 0 saturated carbocycles. The zero-order valence-electron chi connectivity index (χ0n) is 15.5. The first-order chi connectivity index (χ1) is 12.6. The summed E-state index contributed by atoms with van der Waals surface area (Å²) < 4.78 is 21.1. The van der Waals surface area contributed by atoms with Crippen LogP contribution in [0.2, 0.25) is 0 Å². The molecule has 0 atom stereocenters. The first-order valence-corrected chi connectivity index (χ1v) is 9.04. The highest BCUT2D eigenvalue weighted by molar-refractivity contribution is 5.84. The fourth-order valence-electron chi connectivity index (χ4n) is 3.28. The molecule has 3 aromatic rings. The third kappa shape index (κ3) is 3.50. The molecule has 0 aliphatic rings. The second-order valence-corrected chi connectivity index (χ2v) is 6.65. The molecule has 1 N–H and O–H groups in total. The minimum absolute atomic E-state index is 0.0241. The van der Waals surface area contributed by atoms with Crippen LogP contribution < -0.4 is 0 Å². The monoisotopic (exact) mass is 356 g/mol. The number of hydrogen-bond donors (Lipinski definition) is 1. The summed E-state index contributed by atoms with van der Waals surface area (Å²) in [4.78, 5) is 0. The highest BCUT2D eigenvalue weighted by Crippen LogP contribution is 2.34. The Morgan fingerprint density at radius 3 is 2.50 bits per heavy atom. The normalized spacial score (nSPS) is 11.6. The molecule has 4 nitrogen and oxygen atoms in total. The Morgan fingerprint density at radius 1 is 1.15 bits per heavy atom. The Morgan fingerprint density at radius 2 is 1.88 bits per heavy atom. The zero-order chi connectivity index (χ0) is 18.7. The van der Waals surface area contributed by atoms with Crippen molar-refractivity contribution >= 4 is 5.52 Å². The van der Waals surface area contributed by atoms with Crippen LogP contribution >= 0.6 is 0 Å². The van der Waals surface area contributed by atoms with Gasteiger partial charge in [0.25, 0.3) is 0 Å². The topological polar surface area (TPSA) is 46.8 Å². The first-order valence-electron chi connectivity index (χ1n) is 9.04. The lowest BCUT2D eigenvalue weighted by Gasteiger charge is -2.19. The molecule has 0 radical (unpaired) electrons. The average molecular weight is 356 g/mol. The zero-order valence-corrected chi connectivity index (χ0v) is 15.5. The van der Waals surface area contributed by atoms with Crippen molar-refractivity contribution in [1.82, 2.24) is 9.61 Å². The molecule has 3 rings (SSSR count). The van der Waals surface area contributed by atoms with Gasteiger partial charge in [0.15, 0.2) is 0 Å². The summed E-state index contributed by atoms with van der Waals surface area (Å²) in [5.41, 5.74) is 6.02. The molecule has 1 aromatic carbocycles. The second-order valence-electron chi connectivity index (χ2n) is 6.65. The summed E-state index contributed by atoms with van der Waals surface area (Å²) >= 11 is 0. The molecule has 0 aliphatic carbocycles. The van der Waals surface area contributed by atoms with E-state index in [-0.39, 0.29) is 24.9 Å². The molecule has 0 fully saturated rings. The van der Waals surface area contributed by atoms with Gasteiger partial charge in [0.05, 0.1) is 31.0 Å². The highest BCUT2D eigenvalue weighted by Gasteiger charge is 2.20. The maximum absolute atomic E-state index is 13.5. The van der Waals surface area contributed by atoms with E-state index in [4.69, 9.17) is 14.9 Å². The van der Waals surface area contributed by atoms with E-state index in [2.05, 4.69) is 32.9 Å². The summed E-state index contributed by atoms with van der Waals surface area (Å²) in [5, 5.41) is 13.9. The first kappa shape index (κ1) is 18.5. The quantitative estimate of drug-likeness (QED) is 0.641. The number of hydrogen-bond acceptors (Lipinski definition) is 3. The summed E-state index contributed by atoms with van der Waals surface area (Å²) in [7, 11) is 0. The maximum Gasteiger partial charge on any atom is 0.123 e. The summed E-state index contributed by atoms with van der Waals surface area (Å²) in [6, 6.07) is 10.7. The van der Waals surface area contributed by atoms with Gasteiger partial charge in [-0.2, -0.15) is 5.10 Å². The van der Waals surface area contributed by atoms with E-state index in [1.54, 1.807) is 12.1 Å². The van der Waals surface area contributed by atoms with Crippen LogP contribution in [-0.4, -0.2) is 27.9 Å². The molecule has 26 heavy (non-hydrogen) atoms. The van der Waals surface area contributed by atoms with E-state index in [9.17, 15) is 4.39 Å². The predicted molar refractivity (Wildman–Crippen MR) is 101 cm³/mol. The van der Waals surface area contributed by atoms with Crippen molar-refractivity contribution in [3.05, 3.63) is 59.2 Å². The predicted octanol–water partition coefficient (Wildman–Crippen LogP) is 4.34. The molecule has 0 amide bonds. The standard InChI is InChI=1S/C21H25FN2O2/c1-4-17-9-10-19-20(15-5-7-16(22)8-6-15)18(13-26-12-11-25)21(14(2)3)23-24(17)19/h5-10,14,25H,4,11-13H2,1-3H3. The van der Waals surface area contributed by atoms with Crippen LogP contribution in [0.3, 0.4) is 0 Å². The van der Waals surface area contributed by atoms with Gasteiger partial charge in [-0.3, -0.25) is 0 Å². The molecule has 5 heteroatoms. The highest BCUT2D eigenvalue weighted by atomic mass is 19.1. The number of aryl methyl sites for hydroxylation is 1. The number of aliphatic hydroxyl groups excluding tert-OH is 1. The van der Waals surface area contributed by atoms with E-state index in [0.29, 0.717) is 6.61 Å². The Kier molecular flexibility index (Phi) is 5.69. The summed E-state index contributed by atoms with van der Waals surface area (Å²) in [5.74, 6) is -0.0518. The number of ether oxygens (including phenoxy) is 1. The van der Waals surface area contributed by atoms with Gasteiger partial charge in [0.2, 0.25) is 0 Å². The lowest BCUT2D eigenvalue weighted by molar-refractivity contribution is 0.0810. The van der Waals surface area contributed by atoms with Crippen molar-refractivity contribution in [1.29, 1.82) is 0 Å². The minimum Gasteiger partial charge on any atom is -0.394 e. The van der Waals surface area contributed by atoms with Crippen LogP contribution in [0.25, 0.3) is 16.6 Å². The lowest BCUT2D eigenvalue weighted by atomic mass is 9.95. The maximum atomic E-state index is 13.5. The van der Waals surface area contributed by atoms with Crippen LogP contribution in [0.1, 0.15) is 43.6 Å². The molecule has 0 saturated heterocycles. The fraction of sp³-hybridized carbons (Fsp3) is 0.381. The van der Waals surface area contributed by atoms with E-state index >= 15 is 0 Å². The number of halogens is 1. The van der Waals surface area contributed by atoms with Gasteiger partial charge in [-0.1, -0.05) is 32.9 Å². The molecular formula is C21H25FN2O2. The molecule has 138 valence electrons. The van der Waals surface area contributed by atoms with Gasteiger partial charge in [0.1, 0.15) is 5.82 Å². The van der Waals surface area contributed by atoms with Gasteiger partial charge in [0, 0.05) is 16.8 Å². The van der Waals surface area contributed by atoms with Crippen molar-refractivity contribution in [2.24, 2.45) is 0 Å². The van der Waals surface area contributed by atoms with Crippen molar-refractivity contribution in [2.45, 2.75) is 39.7 Å². The number of aliphatic hydroxyl groups is 1. The third-order valence-corrected chi connectivity index (χ3v) is 4.53. The molecule has 0 aliphatic heterocycles. The number of aromatic nitrogens is 2. The minimum atomic E-state index is -0.259. The van der Waals surface area contributed by atoms with Crippen molar-refractivity contribution in [3.8, 4) is 11.1 Å². The number of nitrogens with zero attached hydrogens (tertiary/aromatic N) is 2. The van der Waals surface area contributed by atoms with Gasteiger partial charge in [-0.15, -0.1) is 0 Å². The SMILES string of the molecule is CCc1ccc2c(-c3ccc(F)cc3)c(COCCO)c(C(C)C)nn12. The van der Waals surface area contributed by atoms with Crippen molar-refractivity contribution in [3.63, 3.8) is 0 Å². The molecular weight excluding hydrogens is 331 g/mol. The molecule has 2 heterocycles. The summed E-state index contributed by atoms with van der Waals surface area (Å²) in [6.45, 7) is 6.92. The molecule has 2 aromatic heterocycles. The van der Waals surface area contributed by atoms with Crippen molar-refractivity contribution in [2.75, 3.05) is 13.2 Å². The van der Waals surface area contributed by atoms with Gasteiger partial charge >= 0.3 is 0 Å². The van der Waals surface area contributed by atoms with E-state index in [0.717, 1.165) is 40.0 Å². The summed E-state index contributed by atoms with van der Waals surface area (Å²) in [6.07, 6.45) is 0.877. The second kappa shape index (κ2) is 7.98. The van der Waals surface area contributed by atoms with Crippen LogP contribution in [0.4, 0.5) is 4.39 Å². The van der Waals surface area contributed by atoms with Gasteiger partial charge < -0.3 is 9.84 Å². The van der Waals surface area contributed by atoms with E-state index in [1.165, 1.54) is 12.1 Å². The number of benzene rings is 1. The van der Waals surface area contributed by atoms with Crippen LogP contribution in [0, 0.1) is 5.82 Å². The molecule has 0 unspecified atom stereocenters. The van der Waals surface area contributed by atoms with Crippen LogP contribution in [-0.2, 0) is 17.8 Å². The van der Waals surface area contributed by atoms with E-state index in [1.807, 2.05) is 4.52 Å². The Hall–Kier alpha value is -2.24. The Labute approximate surface area is 153 Å². The average Bonchev–Trinajstić information content (AvgIpc) is 3.04. The van der Waals surface area contributed by atoms with Crippen LogP contribution in [0.15, 0.2) is 36.4 Å². The Balaban J connectivity index is 2.29. The van der Waals surface area contributed by atoms with Gasteiger partial charge in [-0.05, 0) is 42.2 Å². The third-order valence-electron chi connectivity index (χ3n) is 4.53. The smallest absolute Gasteiger partial charge is 0.123 e. The Bertz CT molecular complexity index is 885. The molecule has 0 bridgehead atoms. The fourth-order valence-corrected chi connectivity index (χ4v) is 3.28.